The van der Waals surface area contributed by atoms with Crippen molar-refractivity contribution in [3.05, 3.63) is 0 Å². The maximum atomic E-state index is 11.5. The Morgan fingerprint density at radius 2 is 1.93 bits per heavy atom. The van der Waals surface area contributed by atoms with Crippen LogP contribution in [0.2, 0.25) is 0 Å². The Hall–Kier alpha value is -0.240. The highest BCUT2D eigenvalue weighted by molar-refractivity contribution is 6.27. The molecule has 86 valence electrons. The van der Waals surface area contributed by atoms with Crippen LogP contribution in [0, 0.1) is 17.3 Å². The number of nitrogens with one attached hydrogen (secondary N) is 1. The molecule has 0 saturated heterocycles. The first kappa shape index (κ1) is 11.3. The number of halogens is 1. The van der Waals surface area contributed by atoms with Gasteiger partial charge < -0.3 is 5.32 Å². The van der Waals surface area contributed by atoms with Crippen molar-refractivity contribution >= 4 is 17.5 Å². The van der Waals surface area contributed by atoms with Gasteiger partial charge in [0.05, 0.1) is 0 Å². The third kappa shape index (κ3) is 1.41. The number of hydrogen-bond donors (Lipinski definition) is 1. The zero-order chi connectivity index (χ0) is 11.3. The van der Waals surface area contributed by atoms with Crippen molar-refractivity contribution in [2.75, 3.05) is 5.88 Å². The van der Waals surface area contributed by atoms with Gasteiger partial charge in [-0.1, -0.05) is 13.8 Å². The molecule has 0 aromatic carbocycles. The molecule has 2 rings (SSSR count). The van der Waals surface area contributed by atoms with Gasteiger partial charge in [-0.25, -0.2) is 0 Å². The summed E-state index contributed by atoms with van der Waals surface area (Å²) in [6.07, 6.45) is 3.85. The van der Waals surface area contributed by atoms with Crippen LogP contribution < -0.4 is 5.32 Å². The van der Waals surface area contributed by atoms with Gasteiger partial charge in [0.1, 0.15) is 5.88 Å². The van der Waals surface area contributed by atoms with E-state index in [0.29, 0.717) is 5.92 Å². The van der Waals surface area contributed by atoms with Crippen LogP contribution in [0.5, 0.6) is 0 Å². The standard InChI is InChI=1S/C12H20ClNO/c1-11(2)8-4-5-9(6-8)12(11,3)14-10(15)7-13/h8-9H,4-7H2,1-3H3,(H,14,15)/t8-,9-,12+/m0/s1. The van der Waals surface area contributed by atoms with Crippen molar-refractivity contribution in [3.8, 4) is 0 Å². The molecule has 2 nitrogen and oxygen atoms in total. The second kappa shape index (κ2) is 3.38. The monoisotopic (exact) mass is 229 g/mol. The Balaban J connectivity index is 2.23. The Kier molecular flexibility index (Phi) is 2.53. The molecule has 0 aliphatic heterocycles. The molecule has 1 N–H and O–H groups in total. The summed E-state index contributed by atoms with van der Waals surface area (Å²) in [4.78, 5) is 11.5. The molecule has 0 radical (unpaired) electrons. The molecule has 2 aliphatic rings. The van der Waals surface area contributed by atoms with E-state index in [9.17, 15) is 4.79 Å². The van der Waals surface area contributed by atoms with Crippen molar-refractivity contribution < 1.29 is 4.79 Å². The second-order valence-corrected chi connectivity index (χ2v) is 6.08. The number of alkyl halides is 1. The molecule has 0 unspecified atom stereocenters. The fourth-order valence-electron chi connectivity index (χ4n) is 3.70. The minimum atomic E-state index is -0.0537. The number of rotatable bonds is 2. The molecule has 2 bridgehead atoms. The molecule has 0 spiro atoms. The summed E-state index contributed by atoms with van der Waals surface area (Å²) >= 11 is 5.58. The van der Waals surface area contributed by atoms with E-state index in [4.69, 9.17) is 11.6 Å². The highest BCUT2D eigenvalue weighted by Gasteiger charge is 2.60. The topological polar surface area (TPSA) is 29.1 Å². The Morgan fingerprint density at radius 3 is 2.40 bits per heavy atom. The third-order valence-corrected chi connectivity index (χ3v) is 5.37. The van der Waals surface area contributed by atoms with Crippen LogP contribution in [0.3, 0.4) is 0 Å². The van der Waals surface area contributed by atoms with Crippen LogP contribution in [-0.2, 0) is 4.79 Å². The maximum absolute atomic E-state index is 11.5. The van der Waals surface area contributed by atoms with E-state index >= 15 is 0 Å². The minimum absolute atomic E-state index is 0.0280. The van der Waals surface area contributed by atoms with Crippen molar-refractivity contribution in [1.29, 1.82) is 0 Å². The molecule has 0 aromatic heterocycles. The van der Waals surface area contributed by atoms with Gasteiger partial charge in [-0.05, 0) is 43.4 Å². The average molecular weight is 230 g/mol. The molecule has 1 amide bonds. The lowest BCUT2D eigenvalue weighted by atomic mass is 9.64. The lowest BCUT2D eigenvalue weighted by Crippen LogP contribution is -2.59. The highest BCUT2D eigenvalue weighted by Crippen LogP contribution is 2.61. The van der Waals surface area contributed by atoms with Gasteiger partial charge in [-0.2, -0.15) is 0 Å². The number of hydrogen-bond acceptors (Lipinski definition) is 1. The molecule has 3 atom stereocenters. The molecule has 15 heavy (non-hydrogen) atoms. The summed E-state index contributed by atoms with van der Waals surface area (Å²) in [6, 6.07) is 0. The van der Waals surface area contributed by atoms with E-state index in [2.05, 4.69) is 26.1 Å². The van der Waals surface area contributed by atoms with Gasteiger partial charge in [0.25, 0.3) is 0 Å². The van der Waals surface area contributed by atoms with E-state index in [0.717, 1.165) is 5.92 Å². The number of carbonyl (C=O) groups is 1. The van der Waals surface area contributed by atoms with Crippen LogP contribution in [0.4, 0.5) is 0 Å². The van der Waals surface area contributed by atoms with Gasteiger partial charge in [0.15, 0.2) is 0 Å². The zero-order valence-corrected chi connectivity index (χ0v) is 10.5. The van der Waals surface area contributed by atoms with Gasteiger partial charge in [0, 0.05) is 5.54 Å². The summed E-state index contributed by atoms with van der Waals surface area (Å²) in [5.41, 5.74) is 0.152. The molecule has 2 aliphatic carbocycles. The smallest absolute Gasteiger partial charge is 0.235 e. The third-order valence-electron chi connectivity index (χ3n) is 5.13. The number of amides is 1. The summed E-state index contributed by atoms with van der Waals surface area (Å²) < 4.78 is 0. The van der Waals surface area contributed by atoms with Crippen molar-refractivity contribution in [2.24, 2.45) is 17.3 Å². The normalized spacial score (nSPS) is 41.9. The summed E-state index contributed by atoms with van der Waals surface area (Å²) in [5.74, 6) is 1.45. The average Bonchev–Trinajstić information content (AvgIpc) is 2.70. The van der Waals surface area contributed by atoms with Crippen LogP contribution >= 0.6 is 11.6 Å². The first-order valence-electron chi connectivity index (χ1n) is 5.79. The molecule has 0 heterocycles. The largest absolute Gasteiger partial charge is 0.349 e. The summed E-state index contributed by atoms with van der Waals surface area (Å²) in [5, 5.41) is 3.16. The number of fused-ring (bicyclic) bond motifs is 2. The van der Waals surface area contributed by atoms with Crippen molar-refractivity contribution in [2.45, 2.75) is 45.6 Å². The molecular weight excluding hydrogens is 210 g/mol. The van der Waals surface area contributed by atoms with Crippen molar-refractivity contribution in [1.82, 2.24) is 5.32 Å². The van der Waals surface area contributed by atoms with E-state index in [1.54, 1.807) is 0 Å². The lowest BCUT2D eigenvalue weighted by molar-refractivity contribution is -0.123. The van der Waals surface area contributed by atoms with Crippen LogP contribution in [-0.4, -0.2) is 17.3 Å². The predicted molar refractivity (Wildman–Crippen MR) is 61.9 cm³/mol. The van der Waals surface area contributed by atoms with E-state index < -0.39 is 0 Å². The first-order valence-corrected chi connectivity index (χ1v) is 6.32. The quantitative estimate of drug-likeness (QED) is 0.725. The van der Waals surface area contributed by atoms with Crippen LogP contribution in [0.15, 0.2) is 0 Å². The Morgan fingerprint density at radius 1 is 1.33 bits per heavy atom. The fourth-order valence-corrected chi connectivity index (χ4v) is 3.76. The van der Waals surface area contributed by atoms with Gasteiger partial charge in [-0.15, -0.1) is 11.6 Å². The molecule has 3 heteroatoms. The summed E-state index contributed by atoms with van der Waals surface area (Å²) in [7, 11) is 0. The maximum Gasteiger partial charge on any atom is 0.235 e. The van der Waals surface area contributed by atoms with E-state index in [1.807, 2.05) is 0 Å². The molecule has 0 aromatic rings. The van der Waals surface area contributed by atoms with E-state index in [-0.39, 0.29) is 22.7 Å². The predicted octanol–water partition coefficient (Wildman–Crippen LogP) is 2.56. The molecule has 2 saturated carbocycles. The number of carbonyl (C=O) groups excluding carboxylic acids is 1. The lowest BCUT2D eigenvalue weighted by Gasteiger charge is -2.48. The SMILES string of the molecule is CC1(C)[C@H]2CC[C@@H](C2)[C@@]1(C)NC(=O)CCl. The zero-order valence-electron chi connectivity index (χ0n) is 9.77. The minimum Gasteiger partial charge on any atom is -0.349 e. The fraction of sp³-hybridized carbons (Fsp3) is 0.917. The van der Waals surface area contributed by atoms with Crippen molar-refractivity contribution in [3.63, 3.8) is 0 Å². The van der Waals surface area contributed by atoms with Crippen LogP contribution in [0.25, 0.3) is 0 Å². The second-order valence-electron chi connectivity index (χ2n) is 5.81. The summed E-state index contributed by atoms with van der Waals surface area (Å²) in [6.45, 7) is 6.76. The van der Waals surface area contributed by atoms with Gasteiger partial charge >= 0.3 is 0 Å². The molecule has 2 fully saturated rings. The Labute approximate surface area is 96.8 Å². The first-order chi connectivity index (χ1) is 6.91. The Bertz CT molecular complexity index is 289. The van der Waals surface area contributed by atoms with Gasteiger partial charge in [-0.3, -0.25) is 4.79 Å². The van der Waals surface area contributed by atoms with Gasteiger partial charge in [0.2, 0.25) is 5.91 Å². The van der Waals surface area contributed by atoms with E-state index in [1.165, 1.54) is 19.3 Å². The van der Waals surface area contributed by atoms with Crippen LogP contribution in [0.1, 0.15) is 40.0 Å². The highest BCUT2D eigenvalue weighted by atomic mass is 35.5. The molecular formula is C12H20ClNO.